The Hall–Kier alpha value is -1.04. The summed E-state index contributed by atoms with van der Waals surface area (Å²) >= 11 is 0. The molecule has 0 aliphatic carbocycles. The zero-order chi connectivity index (χ0) is 9.68. The zero-order valence-electron chi connectivity index (χ0n) is 8.64. The van der Waals surface area contributed by atoms with Crippen LogP contribution < -0.4 is 0 Å². The van der Waals surface area contributed by atoms with E-state index in [1.165, 1.54) is 29.5 Å². The molecule has 0 spiro atoms. The van der Waals surface area contributed by atoms with Crippen molar-refractivity contribution in [3.8, 4) is 0 Å². The Morgan fingerprint density at radius 3 is 2.69 bits per heavy atom. The van der Waals surface area contributed by atoms with Crippen molar-refractivity contribution >= 4 is 0 Å². The van der Waals surface area contributed by atoms with Crippen LogP contribution in [0.1, 0.15) is 30.0 Å². The molecule has 0 heteroatoms. The van der Waals surface area contributed by atoms with E-state index < -0.39 is 0 Å². The van der Waals surface area contributed by atoms with Crippen molar-refractivity contribution in [2.45, 2.75) is 33.1 Å². The van der Waals surface area contributed by atoms with E-state index in [0.29, 0.717) is 0 Å². The fourth-order valence-corrected chi connectivity index (χ4v) is 1.61. The normalized spacial score (nSPS) is 10.0. The standard InChI is InChI=1S/C13H18/c1-4-6-12-9-8-11(3)10-13(12)7-5-2/h5,8-10H,2,4,6-7H2,1,3H3. The van der Waals surface area contributed by atoms with E-state index in [0.717, 1.165) is 6.42 Å². The Balaban J connectivity index is 2.95. The summed E-state index contributed by atoms with van der Waals surface area (Å²) in [6.45, 7) is 8.15. The molecule has 0 fully saturated rings. The Morgan fingerprint density at radius 1 is 1.31 bits per heavy atom. The van der Waals surface area contributed by atoms with Crippen LogP contribution >= 0.6 is 0 Å². The van der Waals surface area contributed by atoms with Gasteiger partial charge in [-0.05, 0) is 30.9 Å². The minimum atomic E-state index is 0.997. The molecule has 0 unspecified atom stereocenters. The highest BCUT2D eigenvalue weighted by Crippen LogP contribution is 2.14. The first kappa shape index (κ1) is 10.0. The number of rotatable bonds is 4. The second kappa shape index (κ2) is 4.86. The highest BCUT2D eigenvalue weighted by molar-refractivity contribution is 5.32. The molecule has 0 saturated carbocycles. The third-order valence-electron chi connectivity index (χ3n) is 2.25. The molecule has 1 rings (SSSR count). The monoisotopic (exact) mass is 174 g/mol. The Morgan fingerprint density at radius 2 is 2.08 bits per heavy atom. The van der Waals surface area contributed by atoms with Gasteiger partial charge in [0.2, 0.25) is 0 Å². The summed E-state index contributed by atoms with van der Waals surface area (Å²) in [6, 6.07) is 6.71. The van der Waals surface area contributed by atoms with Crippen LogP contribution in [0.15, 0.2) is 30.9 Å². The van der Waals surface area contributed by atoms with Crippen molar-refractivity contribution in [3.63, 3.8) is 0 Å². The van der Waals surface area contributed by atoms with Gasteiger partial charge < -0.3 is 0 Å². The van der Waals surface area contributed by atoms with Crippen molar-refractivity contribution in [3.05, 3.63) is 47.5 Å². The third kappa shape index (κ3) is 2.73. The molecular weight excluding hydrogens is 156 g/mol. The van der Waals surface area contributed by atoms with Crippen LogP contribution in [0.25, 0.3) is 0 Å². The molecule has 0 heterocycles. The Labute approximate surface area is 81.3 Å². The molecular formula is C13H18. The van der Waals surface area contributed by atoms with Crippen molar-refractivity contribution in [2.75, 3.05) is 0 Å². The largest absolute Gasteiger partial charge is 0.103 e. The summed E-state index contributed by atoms with van der Waals surface area (Å²) in [4.78, 5) is 0. The quantitative estimate of drug-likeness (QED) is 0.611. The summed E-state index contributed by atoms with van der Waals surface area (Å²) in [6.07, 6.45) is 5.38. The van der Waals surface area contributed by atoms with Gasteiger partial charge in [-0.2, -0.15) is 0 Å². The van der Waals surface area contributed by atoms with Gasteiger partial charge in [0.1, 0.15) is 0 Å². The van der Waals surface area contributed by atoms with Gasteiger partial charge >= 0.3 is 0 Å². The summed E-state index contributed by atoms with van der Waals surface area (Å²) in [5.74, 6) is 0. The maximum absolute atomic E-state index is 3.79. The van der Waals surface area contributed by atoms with Crippen LogP contribution in [0.5, 0.6) is 0 Å². The second-order valence-electron chi connectivity index (χ2n) is 3.51. The summed E-state index contributed by atoms with van der Waals surface area (Å²) in [5.41, 5.74) is 4.27. The number of hydrogen-bond acceptors (Lipinski definition) is 0. The number of hydrogen-bond donors (Lipinski definition) is 0. The van der Waals surface area contributed by atoms with Crippen LogP contribution in [0.4, 0.5) is 0 Å². The average Bonchev–Trinajstić information content (AvgIpc) is 2.10. The van der Waals surface area contributed by atoms with Gasteiger partial charge in [0.25, 0.3) is 0 Å². The molecule has 0 aliphatic rings. The van der Waals surface area contributed by atoms with Gasteiger partial charge in [0.05, 0.1) is 0 Å². The first-order chi connectivity index (χ1) is 6.27. The molecule has 0 radical (unpaired) electrons. The summed E-state index contributed by atoms with van der Waals surface area (Å²) < 4.78 is 0. The van der Waals surface area contributed by atoms with E-state index in [1.54, 1.807) is 0 Å². The van der Waals surface area contributed by atoms with Crippen molar-refractivity contribution in [2.24, 2.45) is 0 Å². The van der Waals surface area contributed by atoms with Crippen molar-refractivity contribution in [1.29, 1.82) is 0 Å². The van der Waals surface area contributed by atoms with E-state index in [-0.39, 0.29) is 0 Å². The van der Waals surface area contributed by atoms with Crippen molar-refractivity contribution < 1.29 is 0 Å². The molecule has 0 aromatic heterocycles. The van der Waals surface area contributed by atoms with Gasteiger partial charge in [-0.1, -0.05) is 43.2 Å². The predicted molar refractivity (Wildman–Crippen MR) is 59.1 cm³/mol. The first-order valence-corrected chi connectivity index (χ1v) is 4.97. The topological polar surface area (TPSA) is 0 Å². The lowest BCUT2D eigenvalue weighted by atomic mass is 9.98. The van der Waals surface area contributed by atoms with Gasteiger partial charge in [0.15, 0.2) is 0 Å². The van der Waals surface area contributed by atoms with E-state index in [4.69, 9.17) is 0 Å². The van der Waals surface area contributed by atoms with E-state index in [1.807, 2.05) is 6.08 Å². The van der Waals surface area contributed by atoms with Gasteiger partial charge in [-0.3, -0.25) is 0 Å². The third-order valence-corrected chi connectivity index (χ3v) is 2.25. The van der Waals surface area contributed by atoms with Crippen LogP contribution in [0, 0.1) is 6.92 Å². The Kier molecular flexibility index (Phi) is 3.75. The summed E-state index contributed by atoms with van der Waals surface area (Å²) in [7, 11) is 0. The predicted octanol–water partition coefficient (Wildman–Crippen LogP) is 3.68. The molecule has 0 aliphatic heterocycles. The van der Waals surface area contributed by atoms with Gasteiger partial charge in [-0.15, -0.1) is 6.58 Å². The summed E-state index contributed by atoms with van der Waals surface area (Å²) in [5, 5.41) is 0. The molecule has 70 valence electrons. The molecule has 0 atom stereocenters. The SMILES string of the molecule is C=CCc1cc(C)ccc1CCC. The van der Waals surface area contributed by atoms with E-state index in [2.05, 4.69) is 38.6 Å². The van der Waals surface area contributed by atoms with Crippen LogP contribution in [-0.4, -0.2) is 0 Å². The fraction of sp³-hybridized carbons (Fsp3) is 0.385. The zero-order valence-corrected chi connectivity index (χ0v) is 8.64. The lowest BCUT2D eigenvalue weighted by Crippen LogP contribution is -1.93. The molecule has 0 nitrogen and oxygen atoms in total. The smallest absolute Gasteiger partial charge is 0.00973 e. The van der Waals surface area contributed by atoms with E-state index in [9.17, 15) is 0 Å². The lowest BCUT2D eigenvalue weighted by molar-refractivity contribution is 0.905. The van der Waals surface area contributed by atoms with Gasteiger partial charge in [-0.25, -0.2) is 0 Å². The minimum Gasteiger partial charge on any atom is -0.103 e. The van der Waals surface area contributed by atoms with Crippen LogP contribution in [0.3, 0.4) is 0 Å². The molecule has 1 aromatic carbocycles. The second-order valence-corrected chi connectivity index (χ2v) is 3.51. The molecule has 0 bridgehead atoms. The molecule has 1 aromatic rings. The first-order valence-electron chi connectivity index (χ1n) is 4.97. The maximum atomic E-state index is 3.79. The van der Waals surface area contributed by atoms with E-state index >= 15 is 0 Å². The Bertz CT molecular complexity index is 284. The number of aryl methyl sites for hydroxylation is 2. The highest BCUT2D eigenvalue weighted by Gasteiger charge is 1.99. The highest BCUT2D eigenvalue weighted by atomic mass is 14.0. The number of benzene rings is 1. The van der Waals surface area contributed by atoms with Crippen LogP contribution in [0.2, 0.25) is 0 Å². The molecule has 13 heavy (non-hydrogen) atoms. The number of allylic oxidation sites excluding steroid dienone is 1. The molecule has 0 amide bonds. The average molecular weight is 174 g/mol. The van der Waals surface area contributed by atoms with Gasteiger partial charge in [0, 0.05) is 0 Å². The molecule has 0 saturated heterocycles. The minimum absolute atomic E-state index is 0.997. The lowest BCUT2D eigenvalue weighted by Gasteiger charge is -2.07. The molecule has 0 N–H and O–H groups in total. The maximum Gasteiger partial charge on any atom is -0.00973 e. The van der Waals surface area contributed by atoms with Crippen molar-refractivity contribution in [1.82, 2.24) is 0 Å². The fourth-order valence-electron chi connectivity index (χ4n) is 1.61. The van der Waals surface area contributed by atoms with Crippen LogP contribution in [-0.2, 0) is 12.8 Å².